The van der Waals surface area contributed by atoms with Gasteiger partial charge in [0.05, 0.1) is 11.4 Å². The molecule has 2 aromatic heterocycles. The molecule has 2 heterocycles. The minimum atomic E-state index is -0.436. The highest BCUT2D eigenvalue weighted by Gasteiger charge is 2.11. The van der Waals surface area contributed by atoms with Gasteiger partial charge in [0, 0.05) is 22.3 Å². The van der Waals surface area contributed by atoms with Crippen molar-refractivity contribution in [2.45, 2.75) is 10.9 Å². The number of nitrogens with zero attached hydrogens (tertiary/aromatic N) is 5. The van der Waals surface area contributed by atoms with Gasteiger partial charge in [0.2, 0.25) is 11.1 Å². The van der Waals surface area contributed by atoms with Crippen molar-refractivity contribution in [3.05, 3.63) is 71.2 Å². The number of amides is 1. The second-order valence-electron chi connectivity index (χ2n) is 5.58. The predicted molar refractivity (Wildman–Crippen MR) is 105 cm³/mol. The summed E-state index contributed by atoms with van der Waals surface area (Å²) in [5.74, 6) is 0.220. The zero-order valence-electron chi connectivity index (χ0n) is 14.0. The number of thiazole rings is 1. The van der Waals surface area contributed by atoms with Gasteiger partial charge in [-0.2, -0.15) is 4.68 Å². The molecule has 0 spiro atoms. The number of benzene rings is 2. The van der Waals surface area contributed by atoms with Gasteiger partial charge in [0.1, 0.15) is 5.01 Å². The molecule has 0 unspecified atom stereocenters. The molecule has 0 saturated heterocycles. The predicted octanol–water partition coefficient (Wildman–Crippen LogP) is 3.18. The maximum atomic E-state index is 11.2. The minimum Gasteiger partial charge on any atom is -0.366 e. The van der Waals surface area contributed by atoms with E-state index in [1.165, 1.54) is 11.8 Å². The van der Waals surface area contributed by atoms with E-state index in [0.29, 0.717) is 16.5 Å². The Kier molecular flexibility index (Phi) is 4.95. The molecule has 0 aliphatic carbocycles. The van der Waals surface area contributed by atoms with Crippen LogP contribution in [0.3, 0.4) is 0 Å². The fourth-order valence-electron chi connectivity index (χ4n) is 2.42. The molecule has 2 aromatic carbocycles. The lowest BCUT2D eigenvalue weighted by atomic mass is 10.1. The molecule has 0 saturated carbocycles. The summed E-state index contributed by atoms with van der Waals surface area (Å²) in [6.07, 6.45) is 0. The number of hydrogen-bond donors (Lipinski definition) is 1. The van der Waals surface area contributed by atoms with E-state index in [9.17, 15) is 4.79 Å². The van der Waals surface area contributed by atoms with Crippen LogP contribution in [0.1, 0.15) is 16.1 Å². The van der Waals surface area contributed by atoms with Gasteiger partial charge in [-0.15, -0.1) is 16.4 Å². The van der Waals surface area contributed by atoms with Crippen molar-refractivity contribution in [2.75, 3.05) is 0 Å². The fourth-order valence-corrected chi connectivity index (χ4v) is 4.14. The van der Waals surface area contributed by atoms with Crippen LogP contribution in [0.5, 0.6) is 0 Å². The molecule has 1 amide bonds. The van der Waals surface area contributed by atoms with E-state index in [4.69, 9.17) is 5.73 Å². The van der Waals surface area contributed by atoms with Gasteiger partial charge in [-0.25, -0.2) is 4.98 Å². The largest absolute Gasteiger partial charge is 0.366 e. The molecule has 7 nitrogen and oxygen atoms in total. The van der Waals surface area contributed by atoms with E-state index < -0.39 is 5.91 Å². The van der Waals surface area contributed by atoms with Crippen LogP contribution in [-0.4, -0.2) is 31.1 Å². The smallest absolute Gasteiger partial charge is 0.248 e. The molecule has 0 fully saturated rings. The maximum Gasteiger partial charge on any atom is 0.248 e. The summed E-state index contributed by atoms with van der Waals surface area (Å²) >= 11 is 3.08. The Morgan fingerprint density at radius 1 is 1.11 bits per heavy atom. The number of carbonyl (C=O) groups excluding carboxylic acids is 1. The third kappa shape index (κ3) is 3.88. The van der Waals surface area contributed by atoms with E-state index in [2.05, 4.69) is 20.5 Å². The van der Waals surface area contributed by atoms with Gasteiger partial charge in [0.15, 0.2) is 0 Å². The number of thioether (sulfide) groups is 1. The van der Waals surface area contributed by atoms with Crippen molar-refractivity contribution < 1.29 is 4.79 Å². The summed E-state index contributed by atoms with van der Waals surface area (Å²) in [6, 6.07) is 16.9. The molecule has 0 atom stereocenters. The summed E-state index contributed by atoms with van der Waals surface area (Å²) in [7, 11) is 0. The molecule has 4 rings (SSSR count). The highest BCUT2D eigenvalue weighted by Crippen LogP contribution is 2.28. The molecule has 2 N–H and O–H groups in total. The molecular formula is C18H14N6OS2. The first-order chi connectivity index (χ1) is 13.2. The Labute approximate surface area is 163 Å². The zero-order chi connectivity index (χ0) is 18.6. The minimum absolute atomic E-state index is 0.436. The van der Waals surface area contributed by atoms with E-state index in [-0.39, 0.29) is 0 Å². The highest BCUT2D eigenvalue weighted by molar-refractivity contribution is 7.98. The lowest BCUT2D eigenvalue weighted by Crippen LogP contribution is -2.10. The molecule has 0 aliphatic rings. The Morgan fingerprint density at radius 2 is 1.89 bits per heavy atom. The molecule has 0 bridgehead atoms. The SMILES string of the molecule is NC(=O)c1ccc(-c2nc(CSc3nnnn3-c3ccccc3)cs2)cc1. The normalized spacial score (nSPS) is 10.8. The molecule has 27 heavy (non-hydrogen) atoms. The standard InChI is InChI=1S/C18H14N6OS2/c19-16(25)12-6-8-13(9-7-12)17-20-14(10-26-17)11-27-18-21-22-23-24(18)15-4-2-1-3-5-15/h1-10H,11H2,(H2,19,25). The monoisotopic (exact) mass is 394 g/mol. The van der Waals surface area contributed by atoms with Crippen molar-refractivity contribution in [3.8, 4) is 16.3 Å². The van der Waals surface area contributed by atoms with Crippen molar-refractivity contribution >= 4 is 29.0 Å². The topological polar surface area (TPSA) is 99.6 Å². The van der Waals surface area contributed by atoms with Crippen LogP contribution < -0.4 is 5.73 Å². The Bertz CT molecular complexity index is 1060. The highest BCUT2D eigenvalue weighted by atomic mass is 32.2. The second kappa shape index (κ2) is 7.68. The van der Waals surface area contributed by atoms with Crippen molar-refractivity contribution in [3.63, 3.8) is 0 Å². The summed E-state index contributed by atoms with van der Waals surface area (Å²) in [6.45, 7) is 0. The lowest BCUT2D eigenvalue weighted by Gasteiger charge is -2.02. The average molecular weight is 394 g/mol. The lowest BCUT2D eigenvalue weighted by molar-refractivity contribution is 0.100. The van der Waals surface area contributed by atoms with Gasteiger partial charge in [0.25, 0.3) is 0 Å². The number of nitrogens with two attached hydrogens (primary N) is 1. The third-order valence-corrected chi connectivity index (χ3v) is 5.65. The summed E-state index contributed by atoms with van der Waals surface area (Å²) in [5.41, 5.74) is 8.57. The van der Waals surface area contributed by atoms with Crippen LogP contribution in [0.2, 0.25) is 0 Å². The number of hydrogen-bond acceptors (Lipinski definition) is 7. The van der Waals surface area contributed by atoms with Crippen LogP contribution in [0.25, 0.3) is 16.3 Å². The van der Waals surface area contributed by atoms with Crippen LogP contribution >= 0.6 is 23.1 Å². The quantitative estimate of drug-likeness (QED) is 0.504. The number of aromatic nitrogens is 5. The average Bonchev–Trinajstić information content (AvgIpc) is 3.36. The molecule has 0 radical (unpaired) electrons. The van der Waals surface area contributed by atoms with Crippen LogP contribution in [0.15, 0.2) is 65.1 Å². The van der Waals surface area contributed by atoms with Gasteiger partial charge in [-0.05, 0) is 34.7 Å². The van der Waals surface area contributed by atoms with Crippen molar-refractivity contribution in [1.29, 1.82) is 0 Å². The fraction of sp³-hybridized carbons (Fsp3) is 0.0556. The number of para-hydroxylation sites is 1. The zero-order valence-corrected chi connectivity index (χ0v) is 15.7. The summed E-state index contributed by atoms with van der Waals surface area (Å²) < 4.78 is 1.71. The van der Waals surface area contributed by atoms with Gasteiger partial charge in [-0.1, -0.05) is 42.1 Å². The third-order valence-electron chi connectivity index (χ3n) is 3.76. The van der Waals surface area contributed by atoms with E-state index in [0.717, 1.165) is 22.0 Å². The number of primary amides is 1. The van der Waals surface area contributed by atoms with Crippen molar-refractivity contribution in [2.24, 2.45) is 5.73 Å². The first kappa shape index (κ1) is 17.4. The van der Waals surface area contributed by atoms with Crippen LogP contribution in [0.4, 0.5) is 0 Å². The molecule has 9 heteroatoms. The Morgan fingerprint density at radius 3 is 2.63 bits per heavy atom. The van der Waals surface area contributed by atoms with Gasteiger partial charge < -0.3 is 5.73 Å². The Balaban J connectivity index is 1.46. The first-order valence-corrected chi connectivity index (χ1v) is 9.88. The number of tetrazole rings is 1. The summed E-state index contributed by atoms with van der Waals surface area (Å²) in [5, 5.41) is 15.5. The molecule has 4 aromatic rings. The van der Waals surface area contributed by atoms with Crippen LogP contribution in [0, 0.1) is 0 Å². The molecule has 0 aliphatic heterocycles. The van der Waals surface area contributed by atoms with E-state index >= 15 is 0 Å². The molecule has 134 valence electrons. The number of rotatable bonds is 6. The van der Waals surface area contributed by atoms with Gasteiger partial charge >= 0.3 is 0 Å². The van der Waals surface area contributed by atoms with Crippen molar-refractivity contribution in [1.82, 2.24) is 25.2 Å². The Hall–Kier alpha value is -3.04. The summed E-state index contributed by atoms with van der Waals surface area (Å²) in [4.78, 5) is 15.8. The maximum absolute atomic E-state index is 11.2. The van der Waals surface area contributed by atoms with Gasteiger partial charge in [-0.3, -0.25) is 4.79 Å². The van der Waals surface area contributed by atoms with E-state index in [1.54, 1.807) is 28.2 Å². The number of carbonyl (C=O) groups is 1. The second-order valence-corrected chi connectivity index (χ2v) is 7.38. The van der Waals surface area contributed by atoms with Crippen LogP contribution in [-0.2, 0) is 5.75 Å². The molecular weight excluding hydrogens is 380 g/mol. The first-order valence-electron chi connectivity index (χ1n) is 8.02. The van der Waals surface area contributed by atoms with E-state index in [1.807, 2.05) is 47.8 Å².